The standard InChI is InChI=1S/C25H40N2O5/c1-3-10-17-13-14-19-21(20(17)25(31)32-4-2)24(30)27(15-8-9-16-28)22(19)23(29)26-18-11-6-5-7-12-18/h13-14,17-22,28H,3-12,15-16H2,1-2H3,(H,26,29)/t17-,19+,20-,21-,22+/m1/s1. The number of likely N-dealkylation sites (tertiary alicyclic amines) is 1. The molecule has 0 unspecified atom stereocenters. The van der Waals surface area contributed by atoms with E-state index in [1.807, 2.05) is 12.2 Å². The summed E-state index contributed by atoms with van der Waals surface area (Å²) in [5, 5.41) is 12.4. The number of hydrogen-bond donors (Lipinski definition) is 2. The molecule has 0 aromatic rings. The van der Waals surface area contributed by atoms with E-state index in [2.05, 4.69) is 12.2 Å². The van der Waals surface area contributed by atoms with E-state index >= 15 is 0 Å². The van der Waals surface area contributed by atoms with Gasteiger partial charge in [-0.15, -0.1) is 0 Å². The Balaban J connectivity index is 1.89. The maximum atomic E-state index is 13.7. The van der Waals surface area contributed by atoms with Crippen LogP contribution in [0, 0.1) is 23.7 Å². The third kappa shape index (κ3) is 5.36. The number of esters is 1. The summed E-state index contributed by atoms with van der Waals surface area (Å²) in [6.45, 7) is 4.59. The highest BCUT2D eigenvalue weighted by Gasteiger charge is 2.57. The fourth-order valence-corrected chi connectivity index (χ4v) is 5.83. The topological polar surface area (TPSA) is 95.9 Å². The van der Waals surface area contributed by atoms with Crippen LogP contribution in [0.15, 0.2) is 12.2 Å². The van der Waals surface area contributed by atoms with Gasteiger partial charge in [0.05, 0.1) is 18.4 Å². The van der Waals surface area contributed by atoms with Crippen molar-refractivity contribution < 1.29 is 24.2 Å². The molecule has 2 N–H and O–H groups in total. The number of fused-ring (bicyclic) bond motifs is 1. The van der Waals surface area contributed by atoms with Gasteiger partial charge in [0, 0.05) is 25.1 Å². The largest absolute Gasteiger partial charge is 0.466 e. The van der Waals surface area contributed by atoms with Gasteiger partial charge in [0.1, 0.15) is 6.04 Å². The van der Waals surface area contributed by atoms with Crippen LogP contribution < -0.4 is 5.32 Å². The number of nitrogens with one attached hydrogen (secondary N) is 1. The van der Waals surface area contributed by atoms with Crippen molar-refractivity contribution in [2.45, 2.75) is 83.7 Å². The maximum absolute atomic E-state index is 13.7. The van der Waals surface area contributed by atoms with E-state index in [9.17, 15) is 19.5 Å². The molecular weight excluding hydrogens is 408 g/mol. The summed E-state index contributed by atoms with van der Waals surface area (Å²) < 4.78 is 5.39. The number of aliphatic hydroxyl groups excluding tert-OH is 1. The molecule has 5 atom stereocenters. The van der Waals surface area contributed by atoms with Gasteiger partial charge < -0.3 is 20.1 Å². The Bertz CT molecular complexity index is 688. The van der Waals surface area contributed by atoms with Crippen molar-refractivity contribution in [3.63, 3.8) is 0 Å². The molecule has 2 amide bonds. The summed E-state index contributed by atoms with van der Waals surface area (Å²) >= 11 is 0. The Morgan fingerprint density at radius 3 is 2.56 bits per heavy atom. The number of hydrogen-bond acceptors (Lipinski definition) is 5. The third-order valence-corrected chi connectivity index (χ3v) is 7.32. The molecule has 7 nitrogen and oxygen atoms in total. The fraction of sp³-hybridized carbons (Fsp3) is 0.800. The lowest BCUT2D eigenvalue weighted by atomic mass is 9.68. The van der Waals surface area contributed by atoms with E-state index in [-0.39, 0.29) is 48.9 Å². The third-order valence-electron chi connectivity index (χ3n) is 7.32. The molecule has 0 radical (unpaired) electrons. The second-order valence-electron chi connectivity index (χ2n) is 9.47. The molecule has 180 valence electrons. The van der Waals surface area contributed by atoms with Crippen LogP contribution in [-0.4, -0.2) is 59.6 Å². The molecule has 0 aromatic heterocycles. The van der Waals surface area contributed by atoms with Crippen LogP contribution in [-0.2, 0) is 19.1 Å². The van der Waals surface area contributed by atoms with Crippen molar-refractivity contribution in [1.29, 1.82) is 0 Å². The summed E-state index contributed by atoms with van der Waals surface area (Å²) in [4.78, 5) is 41.8. The number of aliphatic hydroxyl groups is 1. The van der Waals surface area contributed by atoms with Gasteiger partial charge in [-0.05, 0) is 44.9 Å². The first-order valence-corrected chi connectivity index (χ1v) is 12.6. The first-order chi connectivity index (χ1) is 15.5. The molecule has 1 saturated carbocycles. The fourth-order valence-electron chi connectivity index (χ4n) is 5.83. The van der Waals surface area contributed by atoms with E-state index < -0.39 is 17.9 Å². The number of ether oxygens (including phenoxy) is 1. The molecule has 0 aromatic carbocycles. The number of carbonyl (C=O) groups excluding carboxylic acids is 3. The molecule has 3 rings (SSSR count). The number of carbonyl (C=O) groups is 3. The van der Waals surface area contributed by atoms with E-state index in [0.717, 1.165) is 38.5 Å². The second kappa shape index (κ2) is 11.8. The van der Waals surface area contributed by atoms with Gasteiger partial charge in [0.15, 0.2) is 0 Å². The lowest BCUT2D eigenvalue weighted by Crippen LogP contribution is -2.50. The van der Waals surface area contributed by atoms with Crippen LogP contribution >= 0.6 is 0 Å². The molecule has 1 aliphatic heterocycles. The van der Waals surface area contributed by atoms with E-state index in [1.165, 1.54) is 6.42 Å². The first-order valence-electron chi connectivity index (χ1n) is 12.6. The SMILES string of the molecule is CCC[C@@H]1C=C[C@H]2[C@@H](C(=O)N(CCCCO)[C@@H]2C(=O)NC2CCCCC2)[C@@H]1C(=O)OCC. The van der Waals surface area contributed by atoms with Gasteiger partial charge in [-0.3, -0.25) is 14.4 Å². The number of nitrogens with zero attached hydrogens (tertiary/aromatic N) is 1. The minimum atomic E-state index is -0.608. The normalized spacial score (nSPS) is 30.3. The van der Waals surface area contributed by atoms with Gasteiger partial charge in [-0.2, -0.15) is 0 Å². The highest BCUT2D eigenvalue weighted by atomic mass is 16.5. The predicted molar refractivity (Wildman–Crippen MR) is 121 cm³/mol. The smallest absolute Gasteiger partial charge is 0.310 e. The summed E-state index contributed by atoms with van der Waals surface area (Å²) in [5.41, 5.74) is 0. The minimum absolute atomic E-state index is 0.0521. The highest BCUT2D eigenvalue weighted by molar-refractivity contribution is 5.96. The zero-order valence-electron chi connectivity index (χ0n) is 19.6. The summed E-state index contributed by atoms with van der Waals surface area (Å²) in [6, 6.07) is -0.449. The molecule has 1 saturated heterocycles. The van der Waals surface area contributed by atoms with Crippen molar-refractivity contribution in [1.82, 2.24) is 10.2 Å². The molecule has 32 heavy (non-hydrogen) atoms. The lowest BCUT2D eigenvalue weighted by molar-refractivity contribution is -0.155. The van der Waals surface area contributed by atoms with Crippen molar-refractivity contribution in [3.8, 4) is 0 Å². The van der Waals surface area contributed by atoms with Crippen LogP contribution in [0.2, 0.25) is 0 Å². The molecule has 2 aliphatic carbocycles. The van der Waals surface area contributed by atoms with Crippen LogP contribution in [0.25, 0.3) is 0 Å². The molecule has 0 bridgehead atoms. The van der Waals surface area contributed by atoms with Gasteiger partial charge in [-0.25, -0.2) is 0 Å². The van der Waals surface area contributed by atoms with Gasteiger partial charge in [0.2, 0.25) is 11.8 Å². The Kier molecular flexibility index (Phi) is 9.14. The monoisotopic (exact) mass is 448 g/mol. The molecule has 2 fully saturated rings. The average Bonchev–Trinajstić information content (AvgIpc) is 3.07. The van der Waals surface area contributed by atoms with E-state index in [1.54, 1.807) is 11.8 Å². The number of unbranched alkanes of at least 4 members (excludes halogenated alkanes) is 1. The van der Waals surface area contributed by atoms with Crippen LogP contribution in [0.5, 0.6) is 0 Å². The minimum Gasteiger partial charge on any atom is -0.466 e. The van der Waals surface area contributed by atoms with Crippen LogP contribution in [0.4, 0.5) is 0 Å². The average molecular weight is 449 g/mol. The Morgan fingerprint density at radius 2 is 1.91 bits per heavy atom. The van der Waals surface area contributed by atoms with Crippen molar-refractivity contribution >= 4 is 17.8 Å². The number of rotatable bonds is 10. The number of amides is 2. The summed E-state index contributed by atoms with van der Waals surface area (Å²) in [5.74, 6) is -2.06. The molecule has 3 aliphatic rings. The molecule has 7 heteroatoms. The molecule has 0 spiro atoms. The lowest BCUT2D eigenvalue weighted by Gasteiger charge is -2.34. The molecule has 1 heterocycles. The van der Waals surface area contributed by atoms with E-state index in [4.69, 9.17) is 4.74 Å². The first kappa shape index (κ1) is 24.7. The Morgan fingerprint density at radius 1 is 1.16 bits per heavy atom. The van der Waals surface area contributed by atoms with Gasteiger partial charge in [0.25, 0.3) is 0 Å². The highest BCUT2D eigenvalue weighted by Crippen LogP contribution is 2.45. The van der Waals surface area contributed by atoms with Gasteiger partial charge in [-0.1, -0.05) is 44.8 Å². The molecular formula is C25H40N2O5. The zero-order valence-corrected chi connectivity index (χ0v) is 19.6. The zero-order chi connectivity index (χ0) is 23.1. The Labute approximate surface area is 191 Å². The van der Waals surface area contributed by atoms with Crippen molar-refractivity contribution in [3.05, 3.63) is 12.2 Å². The summed E-state index contributed by atoms with van der Waals surface area (Å²) in [6.07, 6.45) is 12.3. The summed E-state index contributed by atoms with van der Waals surface area (Å²) in [7, 11) is 0. The van der Waals surface area contributed by atoms with E-state index in [0.29, 0.717) is 19.4 Å². The number of allylic oxidation sites excluding steroid dienone is 1. The van der Waals surface area contributed by atoms with Crippen molar-refractivity contribution in [2.24, 2.45) is 23.7 Å². The van der Waals surface area contributed by atoms with Crippen LogP contribution in [0.3, 0.4) is 0 Å². The predicted octanol–water partition coefficient (Wildman–Crippen LogP) is 2.82. The quantitative estimate of drug-likeness (QED) is 0.304. The maximum Gasteiger partial charge on any atom is 0.310 e. The van der Waals surface area contributed by atoms with Crippen molar-refractivity contribution in [2.75, 3.05) is 19.8 Å². The van der Waals surface area contributed by atoms with Gasteiger partial charge >= 0.3 is 5.97 Å². The Hall–Kier alpha value is -1.89. The van der Waals surface area contributed by atoms with Crippen LogP contribution in [0.1, 0.15) is 71.6 Å². The second-order valence-corrected chi connectivity index (χ2v) is 9.47.